The van der Waals surface area contributed by atoms with Gasteiger partial charge in [0.15, 0.2) is 0 Å². The summed E-state index contributed by atoms with van der Waals surface area (Å²) in [4.78, 5) is 25.5. The van der Waals surface area contributed by atoms with Crippen LogP contribution in [-0.2, 0) is 4.79 Å². The number of carbonyl (C=O) groups is 2. The molecule has 1 fully saturated rings. The molecule has 0 spiro atoms. The van der Waals surface area contributed by atoms with Crippen LogP contribution in [0.4, 0.5) is 10.5 Å². The average Bonchev–Trinajstić information content (AvgIpc) is 3.20. The summed E-state index contributed by atoms with van der Waals surface area (Å²) in [5.74, 6) is 0.538. The summed E-state index contributed by atoms with van der Waals surface area (Å²) in [5.41, 5.74) is 1.34. The van der Waals surface area contributed by atoms with E-state index in [1.807, 2.05) is 13.0 Å². The first-order chi connectivity index (χ1) is 11.6. The number of likely N-dealkylation sites (tertiary alicyclic amines) is 1. The fraction of sp³-hybridized carbons (Fsp3) is 0.375. The molecule has 2 heterocycles. The van der Waals surface area contributed by atoms with Gasteiger partial charge in [0.2, 0.25) is 18.2 Å². The van der Waals surface area contributed by atoms with E-state index in [4.69, 9.17) is 4.42 Å². The van der Waals surface area contributed by atoms with Crippen LogP contribution in [-0.4, -0.2) is 46.2 Å². The Labute approximate surface area is 139 Å². The molecule has 0 unspecified atom stereocenters. The molecule has 1 aliphatic heterocycles. The number of nitrogens with one attached hydrogen (secondary N) is 2. The first-order valence-corrected chi connectivity index (χ1v) is 7.84. The molecule has 1 atom stereocenters. The van der Waals surface area contributed by atoms with Crippen LogP contribution in [0.3, 0.4) is 0 Å². The quantitative estimate of drug-likeness (QED) is 0.872. The van der Waals surface area contributed by atoms with Crippen molar-refractivity contribution in [1.29, 1.82) is 0 Å². The van der Waals surface area contributed by atoms with Crippen molar-refractivity contribution in [3.63, 3.8) is 0 Å². The van der Waals surface area contributed by atoms with Gasteiger partial charge in [-0.15, -0.1) is 10.2 Å². The van der Waals surface area contributed by atoms with Crippen LogP contribution in [0.5, 0.6) is 0 Å². The molecule has 3 rings (SSSR count). The summed E-state index contributed by atoms with van der Waals surface area (Å²) in [6.07, 6.45) is 2.74. The molecule has 0 radical (unpaired) electrons. The maximum atomic E-state index is 12.1. The maximum absolute atomic E-state index is 12.1. The van der Waals surface area contributed by atoms with Gasteiger partial charge in [0.05, 0.1) is 0 Å². The Balaban J connectivity index is 1.55. The van der Waals surface area contributed by atoms with Crippen molar-refractivity contribution in [3.05, 3.63) is 30.7 Å². The lowest BCUT2D eigenvalue weighted by molar-refractivity contribution is -0.127. The highest BCUT2D eigenvalue weighted by atomic mass is 16.4. The van der Waals surface area contributed by atoms with Crippen molar-refractivity contribution in [2.24, 2.45) is 0 Å². The Morgan fingerprint density at radius 1 is 1.46 bits per heavy atom. The number of nitrogens with zero attached hydrogens (tertiary/aromatic N) is 3. The summed E-state index contributed by atoms with van der Waals surface area (Å²) in [6, 6.07) is 6.68. The topological polar surface area (TPSA) is 100 Å². The number of hydrogen-bond donors (Lipinski definition) is 2. The Morgan fingerprint density at radius 2 is 2.33 bits per heavy atom. The zero-order valence-electron chi connectivity index (χ0n) is 13.4. The standard InChI is InChI=1S/C16H19N5O3/c1-11(9-21-7-3-6-14(21)22)18-16(23)19-13-5-2-4-12(8-13)15-20-17-10-24-15/h2,4-5,8,10-11H,3,6-7,9H2,1H3,(H2,18,19,23)/t11-/m0/s1. The van der Waals surface area contributed by atoms with E-state index in [0.29, 0.717) is 24.5 Å². The Kier molecular flexibility index (Phi) is 4.74. The van der Waals surface area contributed by atoms with Gasteiger partial charge < -0.3 is 20.0 Å². The van der Waals surface area contributed by atoms with E-state index in [1.165, 1.54) is 6.39 Å². The molecule has 0 aliphatic carbocycles. The first-order valence-electron chi connectivity index (χ1n) is 7.84. The number of urea groups is 1. The number of carbonyl (C=O) groups excluding carboxylic acids is 2. The molecule has 3 amide bonds. The minimum atomic E-state index is -0.322. The molecule has 1 aliphatic rings. The minimum Gasteiger partial charge on any atom is -0.423 e. The van der Waals surface area contributed by atoms with Gasteiger partial charge in [0, 0.05) is 36.8 Å². The zero-order valence-corrected chi connectivity index (χ0v) is 13.4. The lowest BCUT2D eigenvalue weighted by Crippen LogP contribution is -2.44. The SMILES string of the molecule is C[C@@H](CN1CCCC1=O)NC(=O)Nc1cccc(-c2nnco2)c1. The second-order valence-corrected chi connectivity index (χ2v) is 5.77. The van der Waals surface area contributed by atoms with E-state index in [0.717, 1.165) is 18.5 Å². The van der Waals surface area contributed by atoms with Crippen LogP contribution < -0.4 is 10.6 Å². The van der Waals surface area contributed by atoms with Crippen molar-refractivity contribution in [2.45, 2.75) is 25.8 Å². The number of anilines is 1. The van der Waals surface area contributed by atoms with Gasteiger partial charge in [0.1, 0.15) is 0 Å². The molecular weight excluding hydrogens is 310 g/mol. The van der Waals surface area contributed by atoms with Crippen molar-refractivity contribution < 1.29 is 14.0 Å². The van der Waals surface area contributed by atoms with E-state index in [1.54, 1.807) is 23.1 Å². The van der Waals surface area contributed by atoms with Gasteiger partial charge in [-0.1, -0.05) is 6.07 Å². The van der Waals surface area contributed by atoms with Crippen LogP contribution in [0.25, 0.3) is 11.5 Å². The van der Waals surface area contributed by atoms with Gasteiger partial charge in [0.25, 0.3) is 0 Å². The first kappa shape index (κ1) is 16.0. The van der Waals surface area contributed by atoms with Gasteiger partial charge in [-0.2, -0.15) is 0 Å². The number of aromatic nitrogens is 2. The van der Waals surface area contributed by atoms with E-state index < -0.39 is 0 Å². The molecule has 1 aromatic carbocycles. The molecule has 24 heavy (non-hydrogen) atoms. The molecule has 0 bridgehead atoms. The molecule has 2 N–H and O–H groups in total. The van der Waals surface area contributed by atoms with Crippen LogP contribution in [0.2, 0.25) is 0 Å². The van der Waals surface area contributed by atoms with Gasteiger partial charge in [-0.25, -0.2) is 4.79 Å². The molecule has 2 aromatic rings. The second-order valence-electron chi connectivity index (χ2n) is 5.77. The Hall–Kier alpha value is -2.90. The summed E-state index contributed by atoms with van der Waals surface area (Å²) < 4.78 is 5.14. The second kappa shape index (κ2) is 7.12. The van der Waals surface area contributed by atoms with E-state index in [-0.39, 0.29) is 18.0 Å². The molecule has 1 aromatic heterocycles. The predicted octanol–water partition coefficient (Wildman–Crippen LogP) is 1.87. The van der Waals surface area contributed by atoms with Crippen molar-refractivity contribution >= 4 is 17.6 Å². The summed E-state index contributed by atoms with van der Waals surface area (Å²) in [6.45, 7) is 3.16. The van der Waals surface area contributed by atoms with Crippen molar-refractivity contribution in [1.82, 2.24) is 20.4 Å². The molecule has 1 saturated heterocycles. The summed E-state index contributed by atoms with van der Waals surface area (Å²) >= 11 is 0. The molecule has 126 valence electrons. The van der Waals surface area contributed by atoms with Gasteiger partial charge >= 0.3 is 6.03 Å². The Bertz CT molecular complexity index is 716. The highest BCUT2D eigenvalue weighted by Crippen LogP contribution is 2.20. The van der Waals surface area contributed by atoms with Crippen LogP contribution >= 0.6 is 0 Å². The van der Waals surface area contributed by atoms with E-state index in [2.05, 4.69) is 20.8 Å². The third-order valence-corrected chi connectivity index (χ3v) is 3.77. The van der Waals surface area contributed by atoms with Gasteiger partial charge in [-0.3, -0.25) is 4.79 Å². The van der Waals surface area contributed by atoms with Crippen molar-refractivity contribution in [2.75, 3.05) is 18.4 Å². The Morgan fingerprint density at radius 3 is 3.04 bits per heavy atom. The number of benzene rings is 1. The minimum absolute atomic E-state index is 0.133. The van der Waals surface area contributed by atoms with Crippen LogP contribution in [0.15, 0.2) is 35.1 Å². The highest BCUT2D eigenvalue weighted by Gasteiger charge is 2.22. The van der Waals surface area contributed by atoms with E-state index >= 15 is 0 Å². The van der Waals surface area contributed by atoms with Gasteiger partial charge in [-0.05, 0) is 31.5 Å². The lowest BCUT2D eigenvalue weighted by atomic mass is 10.2. The molecule has 8 heteroatoms. The third-order valence-electron chi connectivity index (χ3n) is 3.77. The van der Waals surface area contributed by atoms with Crippen LogP contribution in [0.1, 0.15) is 19.8 Å². The maximum Gasteiger partial charge on any atom is 0.319 e. The molecular formula is C16H19N5O3. The monoisotopic (exact) mass is 329 g/mol. The number of rotatable bonds is 5. The normalized spacial score (nSPS) is 15.4. The fourth-order valence-corrected chi connectivity index (χ4v) is 2.69. The smallest absolute Gasteiger partial charge is 0.319 e. The number of hydrogen-bond acceptors (Lipinski definition) is 5. The van der Waals surface area contributed by atoms with Crippen molar-refractivity contribution in [3.8, 4) is 11.5 Å². The molecule has 0 saturated carbocycles. The number of amides is 3. The lowest BCUT2D eigenvalue weighted by Gasteiger charge is -2.21. The van der Waals surface area contributed by atoms with Crippen LogP contribution in [0, 0.1) is 0 Å². The highest BCUT2D eigenvalue weighted by molar-refractivity contribution is 5.90. The average molecular weight is 329 g/mol. The third kappa shape index (κ3) is 3.89. The summed E-state index contributed by atoms with van der Waals surface area (Å²) in [7, 11) is 0. The zero-order chi connectivity index (χ0) is 16.9. The fourth-order valence-electron chi connectivity index (χ4n) is 2.69. The summed E-state index contributed by atoms with van der Waals surface area (Å²) in [5, 5.41) is 13.1. The molecule has 8 nitrogen and oxygen atoms in total. The van der Waals surface area contributed by atoms with E-state index in [9.17, 15) is 9.59 Å². The largest absolute Gasteiger partial charge is 0.423 e. The predicted molar refractivity (Wildman–Crippen MR) is 87.2 cm³/mol.